The van der Waals surface area contributed by atoms with Crippen LogP contribution in [0, 0.1) is 13.8 Å². The molecule has 0 aliphatic rings. The van der Waals surface area contributed by atoms with Crippen LogP contribution in [-0.2, 0) is 4.79 Å². The fourth-order valence-electron chi connectivity index (χ4n) is 2.20. The van der Waals surface area contributed by atoms with Gasteiger partial charge in [0.2, 0.25) is 0 Å². The van der Waals surface area contributed by atoms with Crippen LogP contribution in [0.5, 0.6) is 11.5 Å². The predicted octanol–water partition coefficient (Wildman–Crippen LogP) is 8.66. The van der Waals surface area contributed by atoms with E-state index in [0.717, 1.165) is 11.5 Å². The number of carbonyl (C=O) groups is 1. The van der Waals surface area contributed by atoms with Gasteiger partial charge in [-0.2, -0.15) is 0 Å². The highest BCUT2D eigenvalue weighted by molar-refractivity contribution is 5.64. The highest BCUT2D eigenvalue weighted by atomic mass is 16.5. The number of carbonyl (C=O) groups excluding carboxylic acids is 1. The van der Waals surface area contributed by atoms with Crippen LogP contribution in [0.25, 0.3) is 11.1 Å². The molecule has 2 nitrogen and oxygen atoms in total. The Bertz CT molecular complexity index is 727. The van der Waals surface area contributed by atoms with Crippen LogP contribution < -0.4 is 4.74 Å². The maximum atomic E-state index is 8.00. The lowest BCUT2D eigenvalue weighted by atomic mass is 10.0. The van der Waals surface area contributed by atoms with Gasteiger partial charge >= 0.3 is 0 Å². The Labute approximate surface area is 178 Å². The Balaban J connectivity index is 0. The smallest absolute Gasteiger partial charge is 0.127 e. The molecule has 0 amide bonds. The van der Waals surface area contributed by atoms with Gasteiger partial charge < -0.3 is 9.53 Å². The molecule has 3 rings (SSSR count). The first-order valence-electron chi connectivity index (χ1n) is 10.4. The van der Waals surface area contributed by atoms with Crippen molar-refractivity contribution in [2.75, 3.05) is 0 Å². The zero-order valence-corrected chi connectivity index (χ0v) is 19.5. The van der Waals surface area contributed by atoms with Crippen LogP contribution in [0.1, 0.15) is 52.7 Å². The van der Waals surface area contributed by atoms with E-state index >= 15 is 0 Å². The first-order valence-corrected chi connectivity index (χ1v) is 10.4. The minimum Gasteiger partial charge on any atom is -0.457 e. The van der Waals surface area contributed by atoms with Gasteiger partial charge in [0.1, 0.15) is 18.3 Å². The Morgan fingerprint density at radius 3 is 1.07 bits per heavy atom. The molecule has 0 spiro atoms. The van der Waals surface area contributed by atoms with Gasteiger partial charge in [-0.25, -0.2) is 0 Å². The highest BCUT2D eigenvalue weighted by Crippen LogP contribution is 2.26. The summed E-state index contributed by atoms with van der Waals surface area (Å²) >= 11 is 0. The summed E-state index contributed by atoms with van der Waals surface area (Å²) in [4.78, 5) is 8.00. The van der Waals surface area contributed by atoms with Crippen LogP contribution in [0.4, 0.5) is 0 Å². The van der Waals surface area contributed by atoms with Gasteiger partial charge in [-0.05, 0) is 49.2 Å². The molecule has 0 radical (unpaired) electrons. The second-order valence-electron chi connectivity index (χ2n) is 5.31. The lowest BCUT2D eigenvalue weighted by molar-refractivity contribution is -0.0979. The summed E-state index contributed by atoms with van der Waals surface area (Å²) < 4.78 is 5.84. The van der Waals surface area contributed by atoms with E-state index in [0.29, 0.717) is 0 Å². The Kier molecular flexibility index (Phi) is 18.1. The lowest BCUT2D eigenvalue weighted by Crippen LogP contribution is -1.85. The van der Waals surface area contributed by atoms with Crippen LogP contribution in [0.15, 0.2) is 72.8 Å². The van der Waals surface area contributed by atoms with Crippen molar-refractivity contribution in [3.05, 3.63) is 83.9 Å². The highest BCUT2D eigenvalue weighted by Gasteiger charge is 2.00. The Hall–Kier alpha value is -2.87. The fraction of sp³-hybridized carbons (Fsp3) is 0.296. The molecule has 0 saturated carbocycles. The summed E-state index contributed by atoms with van der Waals surface area (Å²) in [5.74, 6) is 1.72. The second-order valence-corrected chi connectivity index (χ2v) is 5.31. The maximum absolute atomic E-state index is 8.00. The third-order valence-corrected chi connectivity index (χ3v) is 3.50. The third kappa shape index (κ3) is 10.9. The van der Waals surface area contributed by atoms with E-state index in [1.54, 1.807) is 0 Å². The van der Waals surface area contributed by atoms with Crippen LogP contribution in [0.2, 0.25) is 0 Å². The summed E-state index contributed by atoms with van der Waals surface area (Å²) in [6, 6.07) is 24.8. The van der Waals surface area contributed by atoms with E-state index in [1.165, 1.54) is 22.3 Å². The molecule has 0 fully saturated rings. The molecule has 3 aromatic rings. The molecule has 3 aromatic carbocycles. The van der Waals surface area contributed by atoms with Crippen molar-refractivity contribution in [3.8, 4) is 22.6 Å². The van der Waals surface area contributed by atoms with Gasteiger partial charge in [0, 0.05) is 0 Å². The number of aryl methyl sites for hydroxylation is 2. The molecule has 2 heteroatoms. The number of hydrogen-bond donors (Lipinski definition) is 0. The maximum Gasteiger partial charge on any atom is 0.127 e. The summed E-state index contributed by atoms with van der Waals surface area (Å²) in [6.45, 7) is 18.2. The first-order chi connectivity index (χ1) is 14.2. The largest absolute Gasteiger partial charge is 0.457 e. The molecule has 158 valence electrons. The molecule has 0 bridgehead atoms. The van der Waals surface area contributed by atoms with Gasteiger partial charge in [0.15, 0.2) is 0 Å². The van der Waals surface area contributed by atoms with E-state index < -0.39 is 0 Å². The van der Waals surface area contributed by atoms with E-state index in [-0.39, 0.29) is 0 Å². The Morgan fingerprint density at radius 1 is 0.483 bits per heavy atom. The van der Waals surface area contributed by atoms with Crippen molar-refractivity contribution in [1.82, 2.24) is 0 Å². The molecule has 29 heavy (non-hydrogen) atoms. The molecule has 0 aliphatic heterocycles. The second kappa shape index (κ2) is 18.5. The number of rotatable bonds is 3. The van der Waals surface area contributed by atoms with E-state index in [1.807, 2.05) is 72.6 Å². The van der Waals surface area contributed by atoms with Crippen LogP contribution in [-0.4, -0.2) is 6.79 Å². The lowest BCUT2D eigenvalue weighted by Gasteiger charge is -2.07. The van der Waals surface area contributed by atoms with Crippen molar-refractivity contribution in [2.45, 2.75) is 55.4 Å². The van der Waals surface area contributed by atoms with Crippen LogP contribution >= 0.6 is 0 Å². The average Bonchev–Trinajstić information content (AvgIpc) is 2.82. The van der Waals surface area contributed by atoms with Gasteiger partial charge in [-0.15, -0.1) is 0 Å². The molecule has 0 N–H and O–H groups in total. The molecule has 0 unspecified atom stereocenters. The van der Waals surface area contributed by atoms with Crippen molar-refractivity contribution in [2.24, 2.45) is 0 Å². The number of ether oxygens (including phenoxy) is 1. The van der Waals surface area contributed by atoms with Crippen molar-refractivity contribution in [1.29, 1.82) is 0 Å². The monoisotopic (exact) mass is 394 g/mol. The summed E-state index contributed by atoms with van der Waals surface area (Å²) in [7, 11) is 0. The predicted molar refractivity (Wildman–Crippen MR) is 129 cm³/mol. The van der Waals surface area contributed by atoms with Gasteiger partial charge in [0.25, 0.3) is 0 Å². The quantitative estimate of drug-likeness (QED) is 0.444. The van der Waals surface area contributed by atoms with Gasteiger partial charge in [-0.3, -0.25) is 0 Å². The minimum absolute atomic E-state index is 0.856. The molecule has 0 aliphatic carbocycles. The fourth-order valence-corrected chi connectivity index (χ4v) is 2.20. The third-order valence-electron chi connectivity index (χ3n) is 3.50. The summed E-state index contributed by atoms with van der Waals surface area (Å²) in [6.07, 6.45) is 0. The standard InChI is InChI=1S/C20H18O.3C2H6.CH2O/c1-15-3-7-17(8-4-15)18-9-13-20(14-10-18)21-19-11-5-16(2)6-12-19;4*1-2/h3-14H,1-2H3;3*1-2H3;1H2. The van der Waals surface area contributed by atoms with Crippen molar-refractivity contribution < 1.29 is 9.53 Å². The van der Waals surface area contributed by atoms with E-state index in [9.17, 15) is 0 Å². The van der Waals surface area contributed by atoms with E-state index in [4.69, 9.17) is 9.53 Å². The van der Waals surface area contributed by atoms with Gasteiger partial charge in [-0.1, -0.05) is 101 Å². The van der Waals surface area contributed by atoms with Crippen molar-refractivity contribution >= 4 is 6.79 Å². The minimum atomic E-state index is 0.856. The first kappa shape index (κ1) is 28.3. The SMILES string of the molecule is C=O.CC.CC.CC.Cc1ccc(Oc2ccc(-c3ccc(C)cc3)cc2)cc1. The van der Waals surface area contributed by atoms with E-state index in [2.05, 4.69) is 62.4 Å². The summed E-state index contributed by atoms with van der Waals surface area (Å²) in [5.41, 5.74) is 4.93. The molecular weight excluding hydrogens is 356 g/mol. The average molecular weight is 395 g/mol. The van der Waals surface area contributed by atoms with Crippen LogP contribution in [0.3, 0.4) is 0 Å². The number of hydrogen-bond acceptors (Lipinski definition) is 2. The molecule has 0 heterocycles. The Morgan fingerprint density at radius 2 is 0.724 bits per heavy atom. The van der Waals surface area contributed by atoms with Crippen molar-refractivity contribution in [3.63, 3.8) is 0 Å². The molecule has 0 aromatic heterocycles. The normalized spacial score (nSPS) is 8.28. The zero-order chi connectivity index (χ0) is 22.7. The molecule has 0 atom stereocenters. The topological polar surface area (TPSA) is 26.3 Å². The molecule has 0 saturated heterocycles. The summed E-state index contributed by atoms with van der Waals surface area (Å²) in [5, 5.41) is 0. The van der Waals surface area contributed by atoms with Gasteiger partial charge in [0.05, 0.1) is 0 Å². The number of benzene rings is 3. The molecular formula is C27H38O2. The zero-order valence-electron chi connectivity index (χ0n) is 19.5.